The molecule has 0 bridgehead atoms. The summed E-state index contributed by atoms with van der Waals surface area (Å²) < 4.78 is 0. The highest BCUT2D eigenvalue weighted by atomic mass is 16.4. The Labute approximate surface area is 84.4 Å². The van der Waals surface area contributed by atoms with Crippen LogP contribution in [0, 0.1) is 6.92 Å². The van der Waals surface area contributed by atoms with E-state index in [1.807, 2.05) is 0 Å². The summed E-state index contributed by atoms with van der Waals surface area (Å²) in [5, 5.41) is 9.00. The van der Waals surface area contributed by atoms with Gasteiger partial charge in [0.1, 0.15) is 0 Å². The van der Waals surface area contributed by atoms with Gasteiger partial charge in [-0.1, -0.05) is 0 Å². The van der Waals surface area contributed by atoms with Crippen molar-refractivity contribution < 1.29 is 9.90 Å². The first kappa shape index (κ1) is 9.39. The van der Waals surface area contributed by atoms with E-state index in [0.717, 1.165) is 0 Å². The maximum absolute atomic E-state index is 11.1. The molecule has 76 valence electrons. The number of carboxylic acid groups (broad SMARTS) is 1. The Bertz CT molecular complexity index is 601. The van der Waals surface area contributed by atoms with E-state index in [4.69, 9.17) is 5.11 Å². The Hall–Kier alpha value is -2.17. The smallest absolute Gasteiger partial charge is 0.338 e. The minimum atomic E-state index is -1.07. The van der Waals surface area contributed by atoms with E-state index < -0.39 is 5.97 Å². The van der Waals surface area contributed by atoms with Crippen LogP contribution in [0.5, 0.6) is 0 Å². The number of aromatic nitrogens is 2. The number of hydrogen-bond donors (Lipinski definition) is 2. The average Bonchev–Trinajstić information content (AvgIpc) is 2.16. The zero-order chi connectivity index (χ0) is 11.0. The largest absolute Gasteiger partial charge is 0.478 e. The van der Waals surface area contributed by atoms with Crippen LogP contribution >= 0.6 is 0 Å². The maximum atomic E-state index is 11.1. The lowest BCUT2D eigenvalue weighted by atomic mass is 10.1. The van der Waals surface area contributed by atoms with Crippen molar-refractivity contribution in [1.82, 2.24) is 9.97 Å². The van der Waals surface area contributed by atoms with E-state index in [2.05, 4.69) is 9.97 Å². The van der Waals surface area contributed by atoms with Gasteiger partial charge < -0.3 is 10.1 Å². The second kappa shape index (κ2) is 3.20. The highest BCUT2D eigenvalue weighted by molar-refractivity contribution is 6.01. The van der Waals surface area contributed by atoms with Gasteiger partial charge in [-0.05, 0) is 18.6 Å². The van der Waals surface area contributed by atoms with Crippen molar-refractivity contribution in [2.75, 3.05) is 0 Å². The fourth-order valence-corrected chi connectivity index (χ4v) is 1.47. The van der Waals surface area contributed by atoms with Crippen molar-refractivity contribution in [3.05, 3.63) is 39.8 Å². The molecule has 0 aromatic carbocycles. The third kappa shape index (κ3) is 1.48. The minimum Gasteiger partial charge on any atom is -0.478 e. The molecule has 0 saturated carbocycles. The molecule has 2 N–H and O–H groups in total. The lowest BCUT2D eigenvalue weighted by Crippen LogP contribution is -2.09. The summed E-state index contributed by atoms with van der Waals surface area (Å²) in [4.78, 5) is 28.6. The number of fused-ring (bicyclic) bond motifs is 1. The fourth-order valence-electron chi connectivity index (χ4n) is 1.47. The third-order valence-electron chi connectivity index (χ3n) is 2.15. The summed E-state index contributed by atoms with van der Waals surface area (Å²) >= 11 is 0. The topological polar surface area (TPSA) is 83.0 Å². The molecule has 2 rings (SSSR count). The number of carboxylic acids is 1. The first-order valence-electron chi connectivity index (χ1n) is 4.31. The molecule has 0 amide bonds. The number of nitrogens with one attached hydrogen (secondary N) is 1. The molecular weight excluding hydrogens is 196 g/mol. The number of hydrogen-bond acceptors (Lipinski definition) is 3. The number of H-pyrrole nitrogens is 1. The van der Waals surface area contributed by atoms with Crippen LogP contribution in [0.2, 0.25) is 0 Å². The number of rotatable bonds is 1. The van der Waals surface area contributed by atoms with Gasteiger partial charge in [0, 0.05) is 12.3 Å². The Morgan fingerprint density at radius 1 is 1.47 bits per heavy atom. The molecule has 0 spiro atoms. The van der Waals surface area contributed by atoms with Gasteiger partial charge in [0.15, 0.2) is 0 Å². The Morgan fingerprint density at radius 3 is 2.87 bits per heavy atom. The summed E-state index contributed by atoms with van der Waals surface area (Å²) in [7, 11) is 0. The molecule has 2 aromatic rings. The van der Waals surface area contributed by atoms with E-state index in [-0.39, 0.29) is 16.6 Å². The molecule has 2 aromatic heterocycles. The molecule has 0 radical (unpaired) electrons. The lowest BCUT2D eigenvalue weighted by Gasteiger charge is -2.04. The summed E-state index contributed by atoms with van der Waals surface area (Å²) in [6.45, 7) is 1.64. The van der Waals surface area contributed by atoms with Crippen LogP contribution in [-0.4, -0.2) is 21.0 Å². The van der Waals surface area contributed by atoms with E-state index in [1.54, 1.807) is 6.92 Å². The van der Waals surface area contributed by atoms with Gasteiger partial charge >= 0.3 is 5.97 Å². The molecular formula is C10H8N2O3. The molecule has 0 saturated heterocycles. The number of carbonyl (C=O) groups is 1. The monoisotopic (exact) mass is 204 g/mol. The van der Waals surface area contributed by atoms with Crippen molar-refractivity contribution >= 4 is 17.0 Å². The maximum Gasteiger partial charge on any atom is 0.338 e. The standard InChI is InChI=1S/C10H8N2O3/c1-5-4-11-6-2-3-7(13)12-9(6)8(5)10(14)15/h2-4H,1H3,(H,12,13)(H,14,15). The second-order valence-corrected chi connectivity index (χ2v) is 3.20. The summed E-state index contributed by atoms with van der Waals surface area (Å²) in [6, 6.07) is 2.82. The minimum absolute atomic E-state index is 0.0951. The Kier molecular flexibility index (Phi) is 2.00. The van der Waals surface area contributed by atoms with Crippen LogP contribution in [-0.2, 0) is 0 Å². The molecule has 15 heavy (non-hydrogen) atoms. The zero-order valence-corrected chi connectivity index (χ0v) is 7.94. The molecule has 0 aliphatic rings. The number of aromatic amines is 1. The predicted octanol–water partition coefficient (Wildman–Crippen LogP) is 0.930. The quantitative estimate of drug-likeness (QED) is 0.723. The Morgan fingerprint density at radius 2 is 2.20 bits per heavy atom. The highest BCUT2D eigenvalue weighted by Crippen LogP contribution is 2.16. The van der Waals surface area contributed by atoms with Crippen molar-refractivity contribution in [2.24, 2.45) is 0 Å². The van der Waals surface area contributed by atoms with E-state index in [0.29, 0.717) is 11.1 Å². The molecule has 0 unspecified atom stereocenters. The van der Waals surface area contributed by atoms with E-state index in [1.165, 1.54) is 18.3 Å². The van der Waals surface area contributed by atoms with Crippen molar-refractivity contribution in [2.45, 2.75) is 6.92 Å². The fraction of sp³-hybridized carbons (Fsp3) is 0.100. The van der Waals surface area contributed by atoms with Gasteiger partial charge in [0.25, 0.3) is 0 Å². The third-order valence-corrected chi connectivity index (χ3v) is 2.15. The van der Waals surface area contributed by atoms with Gasteiger partial charge in [-0.2, -0.15) is 0 Å². The summed E-state index contributed by atoms with van der Waals surface area (Å²) in [5.74, 6) is -1.07. The zero-order valence-electron chi connectivity index (χ0n) is 7.94. The summed E-state index contributed by atoms with van der Waals surface area (Å²) in [5.41, 5.74) is 1.03. The van der Waals surface area contributed by atoms with Crippen molar-refractivity contribution in [1.29, 1.82) is 0 Å². The van der Waals surface area contributed by atoms with Crippen molar-refractivity contribution in [3.63, 3.8) is 0 Å². The van der Waals surface area contributed by atoms with Crippen LogP contribution in [0.4, 0.5) is 0 Å². The van der Waals surface area contributed by atoms with Gasteiger partial charge in [-0.25, -0.2) is 4.79 Å². The number of pyridine rings is 2. The van der Waals surface area contributed by atoms with Crippen LogP contribution in [0.25, 0.3) is 11.0 Å². The molecule has 0 aliphatic heterocycles. The van der Waals surface area contributed by atoms with Gasteiger partial charge in [0.2, 0.25) is 5.56 Å². The van der Waals surface area contributed by atoms with Crippen LogP contribution < -0.4 is 5.56 Å². The van der Waals surface area contributed by atoms with Crippen LogP contribution in [0.15, 0.2) is 23.1 Å². The van der Waals surface area contributed by atoms with Crippen LogP contribution in [0.1, 0.15) is 15.9 Å². The van der Waals surface area contributed by atoms with Gasteiger partial charge in [0.05, 0.1) is 16.6 Å². The molecule has 0 aliphatic carbocycles. The van der Waals surface area contributed by atoms with Crippen molar-refractivity contribution in [3.8, 4) is 0 Å². The number of nitrogens with zero attached hydrogens (tertiary/aromatic N) is 1. The Balaban J connectivity index is 2.97. The van der Waals surface area contributed by atoms with E-state index >= 15 is 0 Å². The molecule has 0 fully saturated rings. The average molecular weight is 204 g/mol. The first-order valence-corrected chi connectivity index (χ1v) is 4.31. The van der Waals surface area contributed by atoms with Crippen LogP contribution in [0.3, 0.4) is 0 Å². The molecule has 0 atom stereocenters. The highest BCUT2D eigenvalue weighted by Gasteiger charge is 2.13. The number of aryl methyl sites for hydroxylation is 1. The first-order chi connectivity index (χ1) is 7.09. The number of aromatic carboxylic acids is 1. The molecule has 2 heterocycles. The summed E-state index contributed by atoms with van der Waals surface area (Å²) in [6.07, 6.45) is 1.48. The molecule has 5 nitrogen and oxygen atoms in total. The second-order valence-electron chi connectivity index (χ2n) is 3.20. The lowest BCUT2D eigenvalue weighted by molar-refractivity contribution is 0.0698. The molecule has 5 heteroatoms. The van der Waals surface area contributed by atoms with E-state index in [9.17, 15) is 9.59 Å². The van der Waals surface area contributed by atoms with Gasteiger partial charge in [-0.15, -0.1) is 0 Å². The SMILES string of the molecule is Cc1cnc2ccc(=O)[nH]c2c1C(=O)O. The van der Waals surface area contributed by atoms with Gasteiger partial charge in [-0.3, -0.25) is 9.78 Å². The normalized spacial score (nSPS) is 10.5. The predicted molar refractivity (Wildman–Crippen MR) is 54.1 cm³/mol.